The van der Waals surface area contributed by atoms with Gasteiger partial charge in [-0.1, -0.05) is 17.4 Å². The second-order valence-corrected chi connectivity index (χ2v) is 5.09. The van der Waals surface area contributed by atoms with Crippen molar-refractivity contribution in [3.8, 4) is 12.1 Å². The summed E-state index contributed by atoms with van der Waals surface area (Å²) in [5.41, 5.74) is 1.81. The van der Waals surface area contributed by atoms with E-state index < -0.39 is 0 Å². The van der Waals surface area contributed by atoms with Crippen LogP contribution in [0.25, 0.3) is 10.2 Å². The molecule has 0 aliphatic rings. The number of nitrogens with zero attached hydrogens (tertiary/aromatic N) is 5. The van der Waals surface area contributed by atoms with E-state index >= 15 is 0 Å². The summed E-state index contributed by atoms with van der Waals surface area (Å²) >= 11 is 1.60. The van der Waals surface area contributed by atoms with Gasteiger partial charge in [-0.25, -0.2) is 4.98 Å². The highest BCUT2D eigenvalue weighted by Gasteiger charge is 2.06. The summed E-state index contributed by atoms with van der Waals surface area (Å²) in [6.07, 6.45) is 0. The van der Waals surface area contributed by atoms with Crippen LogP contribution < -0.4 is 4.90 Å². The molecule has 5 nitrogen and oxygen atoms in total. The Morgan fingerprint density at radius 3 is 2.74 bits per heavy atom. The first-order chi connectivity index (χ1) is 9.13. The standard InChI is InChI=1S/C13H11N5S/c1-18(2)13-17-11-4-3-9(5-12(11)19-13)8-16-10(6-14)7-15/h3-5H,8H2,1-2H3. The topological polar surface area (TPSA) is 76.1 Å². The van der Waals surface area contributed by atoms with Crippen LogP contribution in [0.1, 0.15) is 5.56 Å². The normalized spacial score (nSPS) is 9.68. The predicted molar refractivity (Wildman–Crippen MR) is 76.3 cm³/mol. The Kier molecular flexibility index (Phi) is 3.74. The fraction of sp³-hybridized carbons (Fsp3) is 0.231. The summed E-state index contributed by atoms with van der Waals surface area (Å²) < 4.78 is 1.08. The van der Waals surface area contributed by atoms with Crippen molar-refractivity contribution in [1.29, 1.82) is 10.5 Å². The number of aliphatic imine (C=N–C) groups is 1. The Labute approximate surface area is 115 Å². The third-order valence-electron chi connectivity index (χ3n) is 2.46. The maximum absolute atomic E-state index is 8.62. The van der Waals surface area contributed by atoms with E-state index in [0.29, 0.717) is 6.54 Å². The molecule has 0 fully saturated rings. The average Bonchev–Trinajstić information content (AvgIpc) is 2.83. The number of aromatic nitrogens is 1. The highest BCUT2D eigenvalue weighted by atomic mass is 32.1. The van der Waals surface area contributed by atoms with Crippen LogP contribution in [0.4, 0.5) is 5.13 Å². The third kappa shape index (κ3) is 2.87. The van der Waals surface area contributed by atoms with E-state index in [-0.39, 0.29) is 5.71 Å². The average molecular weight is 269 g/mol. The van der Waals surface area contributed by atoms with Gasteiger partial charge in [0.2, 0.25) is 5.71 Å². The van der Waals surface area contributed by atoms with Gasteiger partial charge in [0.15, 0.2) is 5.13 Å². The Morgan fingerprint density at radius 1 is 1.37 bits per heavy atom. The maximum Gasteiger partial charge on any atom is 0.213 e. The fourth-order valence-corrected chi connectivity index (χ4v) is 2.46. The number of hydrogen-bond donors (Lipinski definition) is 0. The molecule has 0 saturated carbocycles. The molecule has 0 saturated heterocycles. The lowest BCUT2D eigenvalue weighted by Gasteiger charge is -2.04. The van der Waals surface area contributed by atoms with E-state index in [1.54, 1.807) is 23.5 Å². The van der Waals surface area contributed by atoms with Crippen LogP contribution >= 0.6 is 11.3 Å². The van der Waals surface area contributed by atoms with Crippen LogP contribution in [0.2, 0.25) is 0 Å². The van der Waals surface area contributed by atoms with Gasteiger partial charge in [0.25, 0.3) is 0 Å². The number of rotatable bonds is 3. The van der Waals surface area contributed by atoms with Crippen LogP contribution in [0.5, 0.6) is 0 Å². The number of thiazole rings is 1. The molecule has 1 aromatic carbocycles. The molecule has 1 aromatic heterocycles. The number of hydrogen-bond acceptors (Lipinski definition) is 6. The molecule has 94 valence electrons. The van der Waals surface area contributed by atoms with E-state index in [1.165, 1.54) is 0 Å². The quantitative estimate of drug-likeness (QED) is 0.801. The van der Waals surface area contributed by atoms with Crippen LogP contribution in [0.3, 0.4) is 0 Å². The molecule has 0 aliphatic carbocycles. The van der Waals surface area contributed by atoms with E-state index in [1.807, 2.05) is 37.2 Å². The second kappa shape index (κ2) is 5.47. The van der Waals surface area contributed by atoms with Gasteiger partial charge in [0.1, 0.15) is 12.1 Å². The Morgan fingerprint density at radius 2 is 2.11 bits per heavy atom. The highest BCUT2D eigenvalue weighted by molar-refractivity contribution is 7.22. The second-order valence-electron chi connectivity index (χ2n) is 4.08. The monoisotopic (exact) mass is 269 g/mol. The molecule has 0 amide bonds. The van der Waals surface area contributed by atoms with Crippen molar-refractivity contribution >= 4 is 32.4 Å². The van der Waals surface area contributed by atoms with Gasteiger partial charge in [0.05, 0.1) is 16.8 Å². The lowest BCUT2D eigenvalue weighted by atomic mass is 10.2. The Bertz CT molecular complexity index is 699. The predicted octanol–water partition coefficient (Wildman–Crippen LogP) is 2.35. The first-order valence-electron chi connectivity index (χ1n) is 5.55. The SMILES string of the molecule is CN(C)c1nc2ccc(CN=C(C#N)C#N)cc2s1. The van der Waals surface area contributed by atoms with Gasteiger partial charge >= 0.3 is 0 Å². The van der Waals surface area contributed by atoms with Crippen molar-refractivity contribution in [3.05, 3.63) is 23.8 Å². The summed E-state index contributed by atoms with van der Waals surface area (Å²) in [6.45, 7) is 0.335. The minimum atomic E-state index is -0.0987. The molecule has 2 aromatic rings. The highest BCUT2D eigenvalue weighted by Crippen LogP contribution is 2.28. The van der Waals surface area contributed by atoms with Gasteiger partial charge in [-0.05, 0) is 17.7 Å². The van der Waals surface area contributed by atoms with Gasteiger partial charge in [-0.3, -0.25) is 4.99 Å². The molecule has 0 spiro atoms. The van der Waals surface area contributed by atoms with Gasteiger partial charge < -0.3 is 4.90 Å². The summed E-state index contributed by atoms with van der Waals surface area (Å²) in [4.78, 5) is 10.4. The Balaban J connectivity index is 2.30. The van der Waals surface area contributed by atoms with E-state index in [9.17, 15) is 0 Å². The largest absolute Gasteiger partial charge is 0.354 e. The first-order valence-corrected chi connectivity index (χ1v) is 6.37. The summed E-state index contributed by atoms with van der Waals surface area (Å²) in [5, 5.41) is 18.2. The van der Waals surface area contributed by atoms with E-state index in [4.69, 9.17) is 10.5 Å². The minimum absolute atomic E-state index is 0.0987. The number of anilines is 1. The number of benzene rings is 1. The molecule has 0 aliphatic heterocycles. The molecule has 0 N–H and O–H groups in total. The van der Waals surface area contributed by atoms with Crippen molar-refractivity contribution in [2.24, 2.45) is 4.99 Å². The molecule has 0 unspecified atom stereocenters. The van der Waals surface area contributed by atoms with Crippen LogP contribution in [0, 0.1) is 22.7 Å². The van der Waals surface area contributed by atoms with Crippen LogP contribution in [0.15, 0.2) is 23.2 Å². The molecule has 1 heterocycles. The lowest BCUT2D eigenvalue weighted by molar-refractivity contribution is 1.08. The van der Waals surface area contributed by atoms with Gasteiger partial charge in [-0.15, -0.1) is 0 Å². The first kappa shape index (κ1) is 13.0. The van der Waals surface area contributed by atoms with E-state index in [0.717, 1.165) is 20.9 Å². The van der Waals surface area contributed by atoms with Crippen molar-refractivity contribution < 1.29 is 0 Å². The summed E-state index contributed by atoms with van der Waals surface area (Å²) in [6, 6.07) is 9.34. The van der Waals surface area contributed by atoms with Crippen molar-refractivity contribution in [3.63, 3.8) is 0 Å². The van der Waals surface area contributed by atoms with Gasteiger partial charge in [-0.2, -0.15) is 10.5 Å². The van der Waals surface area contributed by atoms with Crippen molar-refractivity contribution in [1.82, 2.24) is 4.98 Å². The molecule has 2 rings (SSSR count). The molecule has 0 radical (unpaired) electrons. The zero-order valence-corrected chi connectivity index (χ0v) is 11.4. The maximum atomic E-state index is 8.62. The molecule has 0 atom stereocenters. The van der Waals surface area contributed by atoms with Crippen molar-refractivity contribution in [2.75, 3.05) is 19.0 Å². The van der Waals surface area contributed by atoms with E-state index in [2.05, 4.69) is 9.98 Å². The summed E-state index contributed by atoms with van der Waals surface area (Å²) in [7, 11) is 3.91. The van der Waals surface area contributed by atoms with Crippen LogP contribution in [-0.4, -0.2) is 24.8 Å². The molecular weight excluding hydrogens is 258 g/mol. The zero-order chi connectivity index (χ0) is 13.8. The van der Waals surface area contributed by atoms with Gasteiger partial charge in [0, 0.05) is 14.1 Å². The Hall–Kier alpha value is -2.44. The zero-order valence-electron chi connectivity index (χ0n) is 10.6. The summed E-state index contributed by atoms with van der Waals surface area (Å²) in [5.74, 6) is 0. The smallest absolute Gasteiger partial charge is 0.213 e. The fourth-order valence-electron chi connectivity index (χ4n) is 1.51. The minimum Gasteiger partial charge on any atom is -0.354 e. The van der Waals surface area contributed by atoms with Crippen molar-refractivity contribution in [2.45, 2.75) is 6.54 Å². The molecule has 19 heavy (non-hydrogen) atoms. The molecule has 6 heteroatoms. The lowest BCUT2D eigenvalue weighted by Crippen LogP contribution is -2.07. The molecular formula is C13H11N5S. The molecule has 0 bridgehead atoms. The van der Waals surface area contributed by atoms with Crippen LogP contribution in [-0.2, 0) is 6.54 Å². The number of fused-ring (bicyclic) bond motifs is 1. The third-order valence-corrected chi connectivity index (χ3v) is 3.64. The number of nitriles is 2.